The van der Waals surface area contributed by atoms with Crippen LogP contribution in [0.3, 0.4) is 0 Å². The highest BCUT2D eigenvalue weighted by Crippen LogP contribution is 2.52. The van der Waals surface area contributed by atoms with Crippen LogP contribution in [-0.4, -0.2) is 12.6 Å². The molecule has 0 amide bonds. The van der Waals surface area contributed by atoms with Crippen molar-refractivity contribution < 1.29 is 9.53 Å². The lowest BCUT2D eigenvalue weighted by molar-refractivity contribution is -0.137. The normalized spacial score (nSPS) is 22.7. The van der Waals surface area contributed by atoms with Gasteiger partial charge < -0.3 is 4.74 Å². The molecule has 2 rings (SSSR count). The van der Waals surface area contributed by atoms with Crippen molar-refractivity contribution in [1.29, 1.82) is 0 Å². The van der Waals surface area contributed by atoms with Gasteiger partial charge in [-0.25, -0.2) is 4.79 Å². The van der Waals surface area contributed by atoms with Crippen LogP contribution in [0.15, 0.2) is 42.0 Å². The lowest BCUT2D eigenvalue weighted by Gasteiger charge is -2.04. The van der Waals surface area contributed by atoms with Gasteiger partial charge in [-0.2, -0.15) is 0 Å². The maximum atomic E-state index is 11.5. The predicted octanol–water partition coefficient (Wildman–Crippen LogP) is 3.69. The molecule has 0 heterocycles. The molecular weight excluding hydrogens is 224 g/mol. The van der Waals surface area contributed by atoms with Gasteiger partial charge in [0.2, 0.25) is 0 Å². The zero-order chi connectivity index (χ0) is 13.0. The fraction of sp³-hybridized carbons (Fsp3) is 0.438. The number of hydrogen-bond acceptors (Lipinski definition) is 2. The average molecular weight is 244 g/mol. The van der Waals surface area contributed by atoms with E-state index in [0.717, 1.165) is 12.8 Å². The van der Waals surface area contributed by atoms with Crippen LogP contribution in [-0.2, 0) is 9.53 Å². The molecule has 2 heteroatoms. The van der Waals surface area contributed by atoms with E-state index in [0.29, 0.717) is 18.4 Å². The number of hydrogen-bond donors (Lipinski definition) is 0. The van der Waals surface area contributed by atoms with Gasteiger partial charge in [-0.3, -0.25) is 0 Å². The number of carbonyl (C=O) groups excluding carboxylic acids is 1. The fourth-order valence-corrected chi connectivity index (χ4v) is 2.48. The first-order valence-electron chi connectivity index (χ1n) is 6.68. The monoisotopic (exact) mass is 244 g/mol. The summed E-state index contributed by atoms with van der Waals surface area (Å²) in [5, 5.41) is 0. The summed E-state index contributed by atoms with van der Waals surface area (Å²) in [6.07, 6.45) is 3.77. The predicted molar refractivity (Wildman–Crippen MR) is 72.3 cm³/mol. The molecule has 2 unspecified atom stereocenters. The second-order valence-electron chi connectivity index (χ2n) is 4.68. The lowest BCUT2D eigenvalue weighted by Crippen LogP contribution is -2.02. The van der Waals surface area contributed by atoms with E-state index in [-0.39, 0.29) is 5.97 Å². The molecule has 1 aliphatic rings. The third-order valence-corrected chi connectivity index (χ3v) is 3.49. The lowest BCUT2D eigenvalue weighted by atomic mass is 10.0. The van der Waals surface area contributed by atoms with E-state index in [2.05, 4.69) is 31.2 Å². The summed E-state index contributed by atoms with van der Waals surface area (Å²) in [4.78, 5) is 11.5. The van der Waals surface area contributed by atoms with Crippen LogP contribution in [0, 0.1) is 5.92 Å². The van der Waals surface area contributed by atoms with Crippen molar-refractivity contribution in [2.45, 2.75) is 32.6 Å². The topological polar surface area (TPSA) is 26.3 Å². The standard InChI is InChI=1S/C16H20O2/c1-3-12(10-16(17)18-4-2)14-11-15(14)13-8-6-5-7-9-13/h5-10,14-15H,3-4,11H2,1-2H3. The number of allylic oxidation sites excluding steroid dienone is 1. The van der Waals surface area contributed by atoms with E-state index in [9.17, 15) is 4.79 Å². The van der Waals surface area contributed by atoms with Gasteiger partial charge in [0.05, 0.1) is 6.61 Å². The molecule has 0 bridgehead atoms. The Morgan fingerprint density at radius 2 is 2.06 bits per heavy atom. The average Bonchev–Trinajstić information content (AvgIpc) is 3.17. The van der Waals surface area contributed by atoms with Crippen molar-refractivity contribution in [3.8, 4) is 0 Å². The van der Waals surface area contributed by atoms with E-state index in [4.69, 9.17) is 4.74 Å². The first-order chi connectivity index (χ1) is 8.76. The maximum absolute atomic E-state index is 11.5. The minimum Gasteiger partial charge on any atom is -0.463 e. The number of carbonyl (C=O) groups is 1. The van der Waals surface area contributed by atoms with Crippen molar-refractivity contribution in [1.82, 2.24) is 0 Å². The van der Waals surface area contributed by atoms with Crippen LogP contribution in [0.2, 0.25) is 0 Å². The highest BCUT2D eigenvalue weighted by Gasteiger charge is 2.40. The summed E-state index contributed by atoms with van der Waals surface area (Å²) in [6, 6.07) is 10.5. The molecule has 0 spiro atoms. The van der Waals surface area contributed by atoms with Gasteiger partial charge in [0.25, 0.3) is 0 Å². The fourth-order valence-electron chi connectivity index (χ4n) is 2.48. The smallest absolute Gasteiger partial charge is 0.330 e. The Morgan fingerprint density at radius 3 is 2.67 bits per heavy atom. The second kappa shape index (κ2) is 5.85. The van der Waals surface area contributed by atoms with Crippen LogP contribution in [0.25, 0.3) is 0 Å². The van der Waals surface area contributed by atoms with Crippen LogP contribution >= 0.6 is 0 Å². The van der Waals surface area contributed by atoms with Gasteiger partial charge >= 0.3 is 5.97 Å². The molecule has 0 saturated heterocycles. The quantitative estimate of drug-likeness (QED) is 0.583. The SMILES string of the molecule is CCOC(=O)C=C(CC)C1CC1c1ccccc1. The Labute approximate surface area is 109 Å². The zero-order valence-corrected chi connectivity index (χ0v) is 11.1. The van der Waals surface area contributed by atoms with Crippen LogP contribution in [0.4, 0.5) is 0 Å². The van der Waals surface area contributed by atoms with Crippen molar-refractivity contribution in [3.63, 3.8) is 0 Å². The molecule has 1 fully saturated rings. The highest BCUT2D eigenvalue weighted by molar-refractivity contribution is 5.83. The summed E-state index contributed by atoms with van der Waals surface area (Å²) < 4.78 is 4.98. The van der Waals surface area contributed by atoms with Crippen molar-refractivity contribution in [3.05, 3.63) is 47.5 Å². The minimum absolute atomic E-state index is 0.201. The summed E-state index contributed by atoms with van der Waals surface area (Å²) in [6.45, 7) is 4.38. The molecule has 0 radical (unpaired) electrons. The molecule has 2 nitrogen and oxygen atoms in total. The largest absolute Gasteiger partial charge is 0.463 e. The number of rotatable bonds is 5. The Balaban J connectivity index is 2.02. The number of ether oxygens (including phenoxy) is 1. The second-order valence-corrected chi connectivity index (χ2v) is 4.68. The minimum atomic E-state index is -0.201. The van der Waals surface area contributed by atoms with E-state index in [1.165, 1.54) is 11.1 Å². The number of esters is 1. The molecular formula is C16H20O2. The van der Waals surface area contributed by atoms with Crippen molar-refractivity contribution in [2.24, 2.45) is 5.92 Å². The van der Waals surface area contributed by atoms with Crippen LogP contribution in [0.5, 0.6) is 0 Å². The summed E-state index contributed by atoms with van der Waals surface area (Å²) in [5.41, 5.74) is 2.60. The van der Waals surface area contributed by atoms with Crippen LogP contribution < -0.4 is 0 Å². The van der Waals surface area contributed by atoms with Gasteiger partial charge in [0.15, 0.2) is 0 Å². The van der Waals surface area contributed by atoms with Gasteiger partial charge in [0.1, 0.15) is 0 Å². The Bertz CT molecular complexity index is 434. The molecule has 2 atom stereocenters. The molecule has 0 aliphatic heterocycles. The summed E-state index contributed by atoms with van der Waals surface area (Å²) in [7, 11) is 0. The Morgan fingerprint density at radius 1 is 1.33 bits per heavy atom. The molecule has 96 valence electrons. The van der Waals surface area contributed by atoms with Gasteiger partial charge in [0, 0.05) is 6.08 Å². The molecule has 1 aromatic rings. The van der Waals surface area contributed by atoms with E-state index in [1.807, 2.05) is 13.0 Å². The molecule has 18 heavy (non-hydrogen) atoms. The molecule has 0 N–H and O–H groups in total. The summed E-state index contributed by atoms with van der Waals surface area (Å²) in [5.74, 6) is 0.918. The third kappa shape index (κ3) is 3.00. The van der Waals surface area contributed by atoms with Crippen LogP contribution in [0.1, 0.15) is 38.2 Å². The van der Waals surface area contributed by atoms with Gasteiger partial charge in [-0.15, -0.1) is 0 Å². The third-order valence-electron chi connectivity index (χ3n) is 3.49. The van der Waals surface area contributed by atoms with E-state index >= 15 is 0 Å². The number of benzene rings is 1. The van der Waals surface area contributed by atoms with E-state index < -0.39 is 0 Å². The Kier molecular flexibility index (Phi) is 4.19. The first-order valence-corrected chi connectivity index (χ1v) is 6.68. The summed E-state index contributed by atoms with van der Waals surface area (Å²) >= 11 is 0. The Hall–Kier alpha value is -1.57. The first kappa shape index (κ1) is 12.9. The van der Waals surface area contributed by atoms with Crippen molar-refractivity contribution in [2.75, 3.05) is 6.61 Å². The highest BCUT2D eigenvalue weighted by atomic mass is 16.5. The maximum Gasteiger partial charge on any atom is 0.330 e. The molecule has 1 aliphatic carbocycles. The molecule has 1 saturated carbocycles. The molecule has 1 aromatic carbocycles. The molecule has 0 aromatic heterocycles. The van der Waals surface area contributed by atoms with Crippen molar-refractivity contribution >= 4 is 5.97 Å². The van der Waals surface area contributed by atoms with E-state index in [1.54, 1.807) is 6.08 Å². The van der Waals surface area contributed by atoms with Gasteiger partial charge in [-0.05, 0) is 37.2 Å². The zero-order valence-electron chi connectivity index (χ0n) is 11.1. The van der Waals surface area contributed by atoms with Gasteiger partial charge in [-0.1, -0.05) is 42.8 Å².